The standard InChI is InChI=1S/C8H17F2N/c1-5-6(2)8(3,11-4)7(9)10/h6-7,11H,5H2,1-4H3. The van der Waals surface area contributed by atoms with E-state index in [4.69, 9.17) is 0 Å². The minimum atomic E-state index is -2.30. The number of hydrogen-bond donors (Lipinski definition) is 1. The Bertz CT molecular complexity index is 117. The molecule has 0 amide bonds. The van der Waals surface area contributed by atoms with Crippen molar-refractivity contribution in [3.05, 3.63) is 0 Å². The minimum absolute atomic E-state index is 0.00694. The van der Waals surface area contributed by atoms with E-state index in [-0.39, 0.29) is 5.92 Å². The van der Waals surface area contributed by atoms with Gasteiger partial charge in [0.05, 0.1) is 5.54 Å². The predicted molar refractivity (Wildman–Crippen MR) is 42.9 cm³/mol. The highest BCUT2D eigenvalue weighted by Gasteiger charge is 2.37. The summed E-state index contributed by atoms with van der Waals surface area (Å²) in [6.45, 7) is 5.32. The monoisotopic (exact) mass is 165 g/mol. The van der Waals surface area contributed by atoms with E-state index in [0.717, 1.165) is 6.42 Å². The molecule has 0 aliphatic rings. The summed E-state index contributed by atoms with van der Waals surface area (Å²) < 4.78 is 24.9. The first-order valence-corrected chi connectivity index (χ1v) is 3.96. The van der Waals surface area contributed by atoms with Gasteiger partial charge in [0.25, 0.3) is 6.43 Å². The molecule has 0 rings (SSSR count). The Morgan fingerprint density at radius 1 is 1.45 bits per heavy atom. The lowest BCUT2D eigenvalue weighted by atomic mass is 9.86. The Balaban J connectivity index is 4.32. The minimum Gasteiger partial charge on any atom is -0.309 e. The average molecular weight is 165 g/mol. The molecular weight excluding hydrogens is 148 g/mol. The van der Waals surface area contributed by atoms with Crippen LogP contribution in [-0.2, 0) is 0 Å². The summed E-state index contributed by atoms with van der Waals surface area (Å²) in [6, 6.07) is 0. The largest absolute Gasteiger partial charge is 0.309 e. The number of hydrogen-bond acceptors (Lipinski definition) is 1. The van der Waals surface area contributed by atoms with E-state index < -0.39 is 12.0 Å². The lowest BCUT2D eigenvalue weighted by Gasteiger charge is -2.34. The van der Waals surface area contributed by atoms with Crippen LogP contribution in [0.25, 0.3) is 0 Å². The summed E-state index contributed by atoms with van der Waals surface area (Å²) in [5.74, 6) is -0.00694. The zero-order valence-electron chi connectivity index (χ0n) is 7.62. The fraction of sp³-hybridized carbons (Fsp3) is 1.00. The van der Waals surface area contributed by atoms with Crippen molar-refractivity contribution in [1.82, 2.24) is 5.32 Å². The molecule has 0 saturated carbocycles. The van der Waals surface area contributed by atoms with Crippen LogP contribution in [0, 0.1) is 5.92 Å². The highest BCUT2D eigenvalue weighted by atomic mass is 19.3. The molecule has 0 aromatic rings. The van der Waals surface area contributed by atoms with Gasteiger partial charge in [-0.05, 0) is 19.9 Å². The maximum atomic E-state index is 12.5. The normalized spacial score (nSPS) is 19.9. The molecule has 1 nitrogen and oxygen atoms in total. The third kappa shape index (κ3) is 2.12. The third-order valence-electron chi connectivity index (χ3n) is 2.63. The van der Waals surface area contributed by atoms with E-state index in [1.807, 2.05) is 13.8 Å². The summed E-state index contributed by atoms with van der Waals surface area (Å²) in [6.07, 6.45) is -1.54. The lowest BCUT2D eigenvalue weighted by molar-refractivity contribution is 0.0120. The van der Waals surface area contributed by atoms with Crippen LogP contribution in [0.5, 0.6) is 0 Å². The molecule has 2 unspecified atom stereocenters. The van der Waals surface area contributed by atoms with Crippen LogP contribution in [-0.4, -0.2) is 19.0 Å². The number of alkyl halides is 2. The molecule has 0 aromatic carbocycles. The van der Waals surface area contributed by atoms with Gasteiger partial charge in [0.2, 0.25) is 0 Å². The molecule has 0 aliphatic heterocycles. The maximum Gasteiger partial charge on any atom is 0.256 e. The summed E-state index contributed by atoms with van der Waals surface area (Å²) in [7, 11) is 1.58. The molecule has 0 aliphatic carbocycles. The Kier molecular flexibility index (Phi) is 3.93. The van der Waals surface area contributed by atoms with Crippen LogP contribution in [0.2, 0.25) is 0 Å². The van der Waals surface area contributed by atoms with Crippen molar-refractivity contribution < 1.29 is 8.78 Å². The SMILES string of the molecule is CCC(C)C(C)(NC)C(F)F. The predicted octanol–water partition coefficient (Wildman–Crippen LogP) is 2.28. The van der Waals surface area contributed by atoms with Crippen LogP contribution in [0.1, 0.15) is 27.2 Å². The summed E-state index contributed by atoms with van der Waals surface area (Å²) in [5.41, 5.74) is -1.03. The zero-order valence-corrected chi connectivity index (χ0v) is 7.62. The molecule has 3 heteroatoms. The Morgan fingerprint density at radius 3 is 2.00 bits per heavy atom. The average Bonchev–Trinajstić information content (AvgIpc) is 2.01. The van der Waals surface area contributed by atoms with Gasteiger partial charge in [-0.3, -0.25) is 0 Å². The van der Waals surface area contributed by atoms with Gasteiger partial charge in [0.15, 0.2) is 0 Å². The van der Waals surface area contributed by atoms with Crippen molar-refractivity contribution in [1.29, 1.82) is 0 Å². The van der Waals surface area contributed by atoms with Crippen LogP contribution >= 0.6 is 0 Å². The molecule has 68 valence electrons. The van der Waals surface area contributed by atoms with Crippen molar-refractivity contribution in [2.45, 2.75) is 39.2 Å². The van der Waals surface area contributed by atoms with E-state index in [9.17, 15) is 8.78 Å². The van der Waals surface area contributed by atoms with Crippen molar-refractivity contribution in [2.75, 3.05) is 7.05 Å². The first-order valence-electron chi connectivity index (χ1n) is 3.96. The quantitative estimate of drug-likeness (QED) is 0.673. The molecule has 0 spiro atoms. The smallest absolute Gasteiger partial charge is 0.256 e. The molecule has 0 radical (unpaired) electrons. The van der Waals surface area contributed by atoms with E-state index in [0.29, 0.717) is 0 Å². The van der Waals surface area contributed by atoms with Gasteiger partial charge in [-0.2, -0.15) is 0 Å². The Hall–Kier alpha value is -0.180. The van der Waals surface area contributed by atoms with E-state index >= 15 is 0 Å². The molecule has 2 atom stereocenters. The van der Waals surface area contributed by atoms with Crippen LogP contribution in [0.15, 0.2) is 0 Å². The number of rotatable bonds is 4. The summed E-state index contributed by atoms with van der Waals surface area (Å²) in [4.78, 5) is 0. The molecule has 0 bridgehead atoms. The van der Waals surface area contributed by atoms with Crippen LogP contribution < -0.4 is 5.32 Å². The van der Waals surface area contributed by atoms with Crippen molar-refractivity contribution >= 4 is 0 Å². The number of halogens is 2. The molecule has 0 heterocycles. The van der Waals surface area contributed by atoms with Crippen LogP contribution in [0.4, 0.5) is 8.78 Å². The maximum absolute atomic E-state index is 12.5. The summed E-state index contributed by atoms with van der Waals surface area (Å²) >= 11 is 0. The zero-order chi connectivity index (χ0) is 9.07. The van der Waals surface area contributed by atoms with Gasteiger partial charge in [0.1, 0.15) is 0 Å². The second-order valence-corrected chi connectivity index (χ2v) is 3.14. The van der Waals surface area contributed by atoms with E-state index in [2.05, 4.69) is 5.32 Å². The molecule has 1 N–H and O–H groups in total. The fourth-order valence-corrected chi connectivity index (χ4v) is 0.995. The van der Waals surface area contributed by atoms with Crippen molar-refractivity contribution in [3.63, 3.8) is 0 Å². The molecule has 11 heavy (non-hydrogen) atoms. The molecule has 0 aromatic heterocycles. The Morgan fingerprint density at radius 2 is 1.91 bits per heavy atom. The van der Waals surface area contributed by atoms with Crippen molar-refractivity contribution in [3.8, 4) is 0 Å². The van der Waals surface area contributed by atoms with E-state index in [1.165, 1.54) is 0 Å². The topological polar surface area (TPSA) is 12.0 Å². The van der Waals surface area contributed by atoms with Gasteiger partial charge in [-0.15, -0.1) is 0 Å². The number of nitrogens with one attached hydrogen (secondary N) is 1. The van der Waals surface area contributed by atoms with Gasteiger partial charge in [0, 0.05) is 0 Å². The molecule has 0 saturated heterocycles. The summed E-state index contributed by atoms with van der Waals surface area (Å²) in [5, 5.41) is 2.68. The van der Waals surface area contributed by atoms with Gasteiger partial charge < -0.3 is 5.32 Å². The molecule has 0 fully saturated rings. The van der Waals surface area contributed by atoms with Crippen molar-refractivity contribution in [2.24, 2.45) is 5.92 Å². The first kappa shape index (κ1) is 10.8. The second-order valence-electron chi connectivity index (χ2n) is 3.14. The van der Waals surface area contributed by atoms with E-state index in [1.54, 1.807) is 14.0 Å². The Labute approximate surface area is 67.2 Å². The fourth-order valence-electron chi connectivity index (χ4n) is 0.995. The van der Waals surface area contributed by atoms with Gasteiger partial charge >= 0.3 is 0 Å². The molecular formula is C8H17F2N. The third-order valence-corrected chi connectivity index (χ3v) is 2.63. The highest BCUT2D eigenvalue weighted by Crippen LogP contribution is 2.26. The van der Waals surface area contributed by atoms with Gasteiger partial charge in [-0.1, -0.05) is 20.3 Å². The second kappa shape index (κ2) is 4.00. The van der Waals surface area contributed by atoms with Gasteiger partial charge in [-0.25, -0.2) is 8.78 Å². The first-order chi connectivity index (χ1) is 4.99. The highest BCUT2D eigenvalue weighted by molar-refractivity contribution is 4.88. The van der Waals surface area contributed by atoms with Crippen LogP contribution in [0.3, 0.4) is 0 Å². The lowest BCUT2D eigenvalue weighted by Crippen LogP contribution is -2.51.